The molecule has 1 aromatic carbocycles. The Bertz CT molecular complexity index is 933. The fourth-order valence-electron chi connectivity index (χ4n) is 2.94. The normalized spacial score (nSPS) is 16.1. The molecule has 0 saturated carbocycles. The average Bonchev–Trinajstić information content (AvgIpc) is 2.95. The maximum absolute atomic E-state index is 13.4. The summed E-state index contributed by atoms with van der Waals surface area (Å²) < 4.78 is 45.8. The molecule has 0 unspecified atom stereocenters. The van der Waals surface area contributed by atoms with Gasteiger partial charge in [0.2, 0.25) is 10.0 Å². The number of hydrogen-bond donors (Lipinski definition) is 0. The van der Waals surface area contributed by atoms with Crippen molar-refractivity contribution in [2.45, 2.75) is 18.7 Å². The summed E-state index contributed by atoms with van der Waals surface area (Å²) in [5, 5.41) is 3.69. The zero-order valence-electron chi connectivity index (χ0n) is 14.2. The Labute approximate surface area is 158 Å². The number of hydrogen-bond acceptors (Lipinski definition) is 5. The van der Waals surface area contributed by atoms with E-state index in [1.165, 1.54) is 27.4 Å². The lowest BCUT2D eigenvalue weighted by molar-refractivity contribution is 0.0696. The third-order valence-corrected chi connectivity index (χ3v) is 7.09. The van der Waals surface area contributed by atoms with Crippen LogP contribution >= 0.6 is 15.9 Å². The highest BCUT2D eigenvalue weighted by molar-refractivity contribution is 9.10. The molecule has 0 N–H and O–H groups in total. The molecule has 0 bridgehead atoms. The third-order valence-electron chi connectivity index (χ3n) is 4.25. The Balaban J connectivity index is 1.75. The molecule has 0 radical (unpaired) electrons. The van der Waals surface area contributed by atoms with Gasteiger partial charge in [-0.15, -0.1) is 0 Å². The summed E-state index contributed by atoms with van der Waals surface area (Å²) in [6.45, 7) is 3.84. The van der Waals surface area contributed by atoms with Crippen LogP contribution in [-0.2, 0) is 10.0 Å². The molecule has 1 saturated heterocycles. The predicted molar refractivity (Wildman–Crippen MR) is 94.7 cm³/mol. The zero-order valence-corrected chi connectivity index (χ0v) is 16.6. The van der Waals surface area contributed by atoms with Gasteiger partial charge in [-0.05, 0) is 48.0 Å². The molecule has 0 aliphatic carbocycles. The van der Waals surface area contributed by atoms with Gasteiger partial charge < -0.3 is 9.42 Å². The van der Waals surface area contributed by atoms with Crippen molar-refractivity contribution in [3.05, 3.63) is 45.5 Å². The van der Waals surface area contributed by atoms with Crippen LogP contribution in [0.3, 0.4) is 0 Å². The Morgan fingerprint density at radius 1 is 1.23 bits per heavy atom. The van der Waals surface area contributed by atoms with Crippen molar-refractivity contribution >= 4 is 31.9 Å². The first-order valence-corrected chi connectivity index (χ1v) is 10.1. The van der Waals surface area contributed by atoms with Gasteiger partial charge >= 0.3 is 0 Å². The molecular weight excluding hydrogens is 429 g/mol. The minimum atomic E-state index is -3.74. The molecule has 0 spiro atoms. The highest BCUT2D eigenvalue weighted by atomic mass is 79.9. The van der Waals surface area contributed by atoms with Gasteiger partial charge in [0.25, 0.3) is 5.91 Å². The van der Waals surface area contributed by atoms with Gasteiger partial charge in [-0.3, -0.25) is 4.79 Å². The second-order valence-corrected chi connectivity index (χ2v) is 8.70. The molecule has 1 aromatic heterocycles. The number of nitrogens with zero attached hydrogens (tertiary/aromatic N) is 3. The van der Waals surface area contributed by atoms with Crippen molar-refractivity contribution in [3.63, 3.8) is 0 Å². The Hall–Kier alpha value is -1.78. The molecule has 0 atom stereocenters. The first-order chi connectivity index (χ1) is 12.2. The summed E-state index contributed by atoms with van der Waals surface area (Å²) >= 11 is 3.25. The van der Waals surface area contributed by atoms with Crippen LogP contribution in [0.25, 0.3) is 0 Å². The van der Waals surface area contributed by atoms with Crippen molar-refractivity contribution in [1.29, 1.82) is 0 Å². The van der Waals surface area contributed by atoms with Crippen LogP contribution < -0.4 is 0 Å². The molecule has 10 heteroatoms. The third kappa shape index (κ3) is 3.40. The molecule has 7 nitrogen and oxygen atoms in total. The van der Waals surface area contributed by atoms with Crippen LogP contribution in [0.15, 0.2) is 32.1 Å². The number of carbonyl (C=O) groups is 1. The number of rotatable bonds is 3. The maximum Gasteiger partial charge on any atom is 0.255 e. The molecule has 140 valence electrons. The second-order valence-electron chi connectivity index (χ2n) is 5.97. The number of sulfonamides is 1. The lowest BCUT2D eigenvalue weighted by Crippen LogP contribution is -2.50. The first-order valence-electron chi connectivity index (χ1n) is 7.89. The van der Waals surface area contributed by atoms with Crippen LogP contribution in [-0.4, -0.2) is 54.9 Å². The van der Waals surface area contributed by atoms with E-state index in [1.54, 1.807) is 13.8 Å². The van der Waals surface area contributed by atoms with E-state index in [-0.39, 0.29) is 48.3 Å². The molecule has 1 fully saturated rings. The molecule has 1 aliphatic rings. The monoisotopic (exact) mass is 445 g/mol. The van der Waals surface area contributed by atoms with Gasteiger partial charge in [0.1, 0.15) is 16.4 Å². The van der Waals surface area contributed by atoms with E-state index in [9.17, 15) is 17.6 Å². The average molecular weight is 446 g/mol. The van der Waals surface area contributed by atoms with E-state index >= 15 is 0 Å². The summed E-state index contributed by atoms with van der Waals surface area (Å²) in [5.74, 6) is -0.605. The Kier molecular flexibility index (Phi) is 5.18. The summed E-state index contributed by atoms with van der Waals surface area (Å²) in [6.07, 6.45) is 0. The summed E-state index contributed by atoms with van der Waals surface area (Å²) in [7, 11) is -3.74. The maximum atomic E-state index is 13.4. The highest BCUT2D eigenvalue weighted by Crippen LogP contribution is 2.25. The summed E-state index contributed by atoms with van der Waals surface area (Å²) in [6, 6.07) is 3.90. The number of piperazine rings is 1. The standard InChI is InChI=1S/C16H17BrFN3O4S/c1-10-15(11(2)25-19-10)26(23,24)21-7-5-20(6-8-21)16(22)13-9-12(18)3-4-14(13)17/h3-4,9H,5-8H2,1-2H3. The topological polar surface area (TPSA) is 83.7 Å². The Morgan fingerprint density at radius 2 is 1.88 bits per heavy atom. The van der Waals surface area contributed by atoms with Gasteiger partial charge in [-0.1, -0.05) is 5.16 Å². The van der Waals surface area contributed by atoms with E-state index in [1.807, 2.05) is 0 Å². The van der Waals surface area contributed by atoms with Gasteiger partial charge in [0.15, 0.2) is 5.76 Å². The van der Waals surface area contributed by atoms with Gasteiger partial charge in [-0.2, -0.15) is 4.31 Å². The van der Waals surface area contributed by atoms with E-state index in [2.05, 4.69) is 21.1 Å². The molecule has 26 heavy (non-hydrogen) atoms. The van der Waals surface area contributed by atoms with Crippen molar-refractivity contribution in [1.82, 2.24) is 14.4 Å². The molecule has 2 aromatic rings. The van der Waals surface area contributed by atoms with E-state index in [0.717, 1.165) is 0 Å². The molecule has 1 amide bonds. The van der Waals surface area contributed by atoms with Gasteiger partial charge in [-0.25, -0.2) is 12.8 Å². The summed E-state index contributed by atoms with van der Waals surface area (Å²) in [4.78, 5) is 14.2. The van der Waals surface area contributed by atoms with Crippen molar-refractivity contribution < 1.29 is 22.1 Å². The predicted octanol–water partition coefficient (Wildman–Crippen LogP) is 2.34. The number of aryl methyl sites for hydroxylation is 2. The fraction of sp³-hybridized carbons (Fsp3) is 0.375. The molecule has 3 rings (SSSR count). The minimum Gasteiger partial charge on any atom is -0.360 e. The lowest BCUT2D eigenvalue weighted by Gasteiger charge is -2.34. The largest absolute Gasteiger partial charge is 0.360 e. The van der Waals surface area contributed by atoms with Gasteiger partial charge in [0, 0.05) is 30.7 Å². The van der Waals surface area contributed by atoms with Crippen molar-refractivity contribution in [3.8, 4) is 0 Å². The van der Waals surface area contributed by atoms with Crippen LogP contribution in [0.2, 0.25) is 0 Å². The van der Waals surface area contributed by atoms with Crippen LogP contribution in [0, 0.1) is 19.7 Å². The second kappa shape index (κ2) is 7.09. The minimum absolute atomic E-state index is 0.0742. The van der Waals surface area contributed by atoms with Crippen molar-refractivity contribution in [2.24, 2.45) is 0 Å². The Morgan fingerprint density at radius 3 is 2.46 bits per heavy atom. The quantitative estimate of drug-likeness (QED) is 0.723. The smallest absolute Gasteiger partial charge is 0.255 e. The molecule has 1 aliphatic heterocycles. The van der Waals surface area contributed by atoms with E-state index < -0.39 is 15.8 Å². The van der Waals surface area contributed by atoms with E-state index in [0.29, 0.717) is 10.2 Å². The highest BCUT2D eigenvalue weighted by Gasteiger charge is 2.34. The van der Waals surface area contributed by atoms with Crippen LogP contribution in [0.4, 0.5) is 4.39 Å². The molecule has 2 heterocycles. The SMILES string of the molecule is Cc1noc(C)c1S(=O)(=O)N1CCN(C(=O)c2cc(F)ccc2Br)CC1. The van der Waals surface area contributed by atoms with Crippen molar-refractivity contribution in [2.75, 3.05) is 26.2 Å². The van der Waals surface area contributed by atoms with Gasteiger partial charge in [0.05, 0.1) is 5.56 Å². The lowest BCUT2D eigenvalue weighted by atomic mass is 10.2. The molecular formula is C16H17BrFN3O4S. The number of benzene rings is 1. The van der Waals surface area contributed by atoms with Crippen LogP contribution in [0.5, 0.6) is 0 Å². The fourth-order valence-corrected chi connectivity index (χ4v) is 5.06. The number of aromatic nitrogens is 1. The number of carbonyl (C=O) groups excluding carboxylic acids is 1. The number of halogens is 2. The number of amides is 1. The van der Waals surface area contributed by atoms with Crippen LogP contribution in [0.1, 0.15) is 21.8 Å². The zero-order chi connectivity index (χ0) is 19.1. The first kappa shape index (κ1) is 19.0. The summed E-state index contributed by atoms with van der Waals surface area (Å²) in [5.41, 5.74) is 0.525. The van der Waals surface area contributed by atoms with E-state index in [4.69, 9.17) is 4.52 Å².